The largest absolute Gasteiger partial charge is 0.493 e. The van der Waals surface area contributed by atoms with Crippen molar-refractivity contribution < 1.29 is 19.0 Å². The summed E-state index contributed by atoms with van der Waals surface area (Å²) in [6, 6.07) is 6.11. The van der Waals surface area contributed by atoms with Crippen LogP contribution in [0.4, 0.5) is 0 Å². The Morgan fingerprint density at radius 3 is 2.62 bits per heavy atom. The Labute approximate surface area is 192 Å². The zero-order valence-electron chi connectivity index (χ0n) is 19.7. The maximum absolute atomic E-state index is 13.1. The molecule has 3 heterocycles. The number of benzene rings is 1. The topological polar surface area (TPSA) is 63.3 Å². The summed E-state index contributed by atoms with van der Waals surface area (Å²) in [6.07, 6.45) is 5.90. The molecule has 3 aliphatic heterocycles. The molecule has 3 saturated heterocycles. The average molecular weight is 446 g/mol. The van der Waals surface area contributed by atoms with Crippen LogP contribution in [0.5, 0.6) is 11.5 Å². The first kappa shape index (κ1) is 23.3. The smallest absolute Gasteiger partial charge is 0.224 e. The van der Waals surface area contributed by atoms with Gasteiger partial charge in [0, 0.05) is 39.3 Å². The van der Waals surface area contributed by atoms with Gasteiger partial charge in [-0.25, -0.2) is 0 Å². The molecule has 0 saturated carbocycles. The molecule has 1 aromatic rings. The normalized spacial score (nSPS) is 26.9. The van der Waals surface area contributed by atoms with Crippen molar-refractivity contribution in [3.8, 4) is 11.5 Å². The van der Waals surface area contributed by atoms with E-state index in [2.05, 4.69) is 27.2 Å². The lowest BCUT2D eigenvalue weighted by molar-refractivity contribution is -0.128. The lowest BCUT2D eigenvalue weighted by Gasteiger charge is -2.38. The van der Waals surface area contributed by atoms with Crippen LogP contribution < -0.4 is 14.8 Å². The third-order valence-electron chi connectivity index (χ3n) is 7.08. The van der Waals surface area contributed by atoms with Gasteiger partial charge in [-0.1, -0.05) is 6.07 Å². The lowest BCUT2D eigenvalue weighted by atomic mass is 9.87. The summed E-state index contributed by atoms with van der Waals surface area (Å²) in [6.45, 7) is 7.58. The van der Waals surface area contributed by atoms with E-state index in [1.807, 2.05) is 6.07 Å². The third kappa shape index (κ3) is 6.15. The molecule has 0 aromatic heterocycles. The average Bonchev–Trinajstić information content (AvgIpc) is 3.51. The summed E-state index contributed by atoms with van der Waals surface area (Å²) in [7, 11) is 3.33. The number of methoxy groups -OCH3 is 2. The molecule has 0 aliphatic carbocycles. The van der Waals surface area contributed by atoms with E-state index in [1.165, 1.54) is 31.5 Å². The Kier molecular flexibility index (Phi) is 8.27. The van der Waals surface area contributed by atoms with E-state index in [0.717, 1.165) is 63.5 Å². The summed E-state index contributed by atoms with van der Waals surface area (Å²) in [4.78, 5) is 18.1. The van der Waals surface area contributed by atoms with Crippen molar-refractivity contribution in [1.29, 1.82) is 0 Å². The number of nitrogens with zero attached hydrogens (tertiary/aromatic N) is 2. The first-order chi connectivity index (χ1) is 15.6. The fourth-order valence-electron chi connectivity index (χ4n) is 5.49. The van der Waals surface area contributed by atoms with E-state index >= 15 is 0 Å². The monoisotopic (exact) mass is 445 g/mol. The SMILES string of the molecule is COc1ccc(CN2C[C@@H](CN3CCCC3)C[C@@H](C(=O)NC[C@H]3CCCO3)C2)cc1OC. The summed E-state index contributed by atoms with van der Waals surface area (Å²) >= 11 is 0. The predicted octanol–water partition coefficient (Wildman–Crippen LogP) is 2.53. The lowest BCUT2D eigenvalue weighted by Crippen LogP contribution is -2.49. The standard InChI is InChI=1S/C25H39N3O4/c1-30-23-8-7-19(13-24(23)31-2)15-28-17-20(16-27-9-3-4-10-27)12-21(18-28)25(29)26-14-22-6-5-11-32-22/h7-8,13,20-22H,3-6,9-12,14-18H2,1-2H3,(H,26,29)/t20-,21-,22-/m1/s1. The Bertz CT molecular complexity index is 747. The van der Waals surface area contributed by atoms with Crippen molar-refractivity contribution in [1.82, 2.24) is 15.1 Å². The second-order valence-corrected chi connectivity index (χ2v) is 9.57. The molecule has 3 aliphatic rings. The van der Waals surface area contributed by atoms with E-state index in [9.17, 15) is 4.79 Å². The molecule has 0 spiro atoms. The van der Waals surface area contributed by atoms with Crippen LogP contribution in [0.1, 0.15) is 37.7 Å². The van der Waals surface area contributed by atoms with Gasteiger partial charge in [0.25, 0.3) is 0 Å². The number of piperidine rings is 1. The molecule has 7 nitrogen and oxygen atoms in total. The van der Waals surface area contributed by atoms with E-state index < -0.39 is 0 Å². The number of carbonyl (C=O) groups is 1. The van der Waals surface area contributed by atoms with Crippen LogP contribution >= 0.6 is 0 Å². The Morgan fingerprint density at radius 2 is 1.91 bits per heavy atom. The number of hydrogen-bond acceptors (Lipinski definition) is 6. The van der Waals surface area contributed by atoms with Crippen LogP contribution in [-0.2, 0) is 16.1 Å². The second kappa shape index (κ2) is 11.3. The van der Waals surface area contributed by atoms with Gasteiger partial charge in [-0.05, 0) is 68.8 Å². The van der Waals surface area contributed by atoms with Crippen LogP contribution in [0.25, 0.3) is 0 Å². The maximum Gasteiger partial charge on any atom is 0.224 e. The van der Waals surface area contributed by atoms with Gasteiger partial charge in [-0.2, -0.15) is 0 Å². The van der Waals surface area contributed by atoms with Gasteiger partial charge in [0.05, 0.1) is 26.2 Å². The molecule has 4 rings (SSSR count). The van der Waals surface area contributed by atoms with Crippen molar-refractivity contribution in [2.75, 3.05) is 60.1 Å². The van der Waals surface area contributed by atoms with Gasteiger partial charge >= 0.3 is 0 Å². The molecule has 178 valence electrons. The van der Waals surface area contributed by atoms with E-state index in [-0.39, 0.29) is 17.9 Å². The molecule has 32 heavy (non-hydrogen) atoms. The minimum Gasteiger partial charge on any atom is -0.493 e. The molecule has 0 radical (unpaired) electrons. The Balaban J connectivity index is 1.40. The van der Waals surface area contributed by atoms with E-state index in [1.54, 1.807) is 14.2 Å². The van der Waals surface area contributed by atoms with Crippen LogP contribution in [0.2, 0.25) is 0 Å². The van der Waals surface area contributed by atoms with Crippen molar-refractivity contribution in [3.63, 3.8) is 0 Å². The van der Waals surface area contributed by atoms with E-state index in [0.29, 0.717) is 12.5 Å². The molecule has 1 N–H and O–H groups in total. The molecule has 1 amide bonds. The van der Waals surface area contributed by atoms with Crippen molar-refractivity contribution in [3.05, 3.63) is 23.8 Å². The van der Waals surface area contributed by atoms with Crippen LogP contribution in [-0.4, -0.2) is 81.9 Å². The number of nitrogens with one attached hydrogen (secondary N) is 1. The molecule has 1 aromatic carbocycles. The second-order valence-electron chi connectivity index (χ2n) is 9.57. The number of ether oxygens (including phenoxy) is 3. The van der Waals surface area contributed by atoms with Crippen LogP contribution in [0.15, 0.2) is 18.2 Å². The van der Waals surface area contributed by atoms with E-state index in [4.69, 9.17) is 14.2 Å². The Hall–Kier alpha value is -1.83. The highest BCUT2D eigenvalue weighted by Gasteiger charge is 2.33. The van der Waals surface area contributed by atoms with Gasteiger partial charge in [0.2, 0.25) is 5.91 Å². The highest BCUT2D eigenvalue weighted by Crippen LogP contribution is 2.30. The summed E-state index contributed by atoms with van der Waals surface area (Å²) < 4.78 is 16.6. The first-order valence-electron chi connectivity index (χ1n) is 12.2. The van der Waals surface area contributed by atoms with Gasteiger partial charge in [0.15, 0.2) is 11.5 Å². The number of carbonyl (C=O) groups excluding carboxylic acids is 1. The number of hydrogen-bond donors (Lipinski definition) is 1. The Morgan fingerprint density at radius 1 is 1.09 bits per heavy atom. The first-order valence-corrected chi connectivity index (χ1v) is 12.2. The minimum atomic E-state index is 0.0258. The highest BCUT2D eigenvalue weighted by molar-refractivity contribution is 5.79. The fraction of sp³-hybridized carbons (Fsp3) is 0.720. The van der Waals surface area contributed by atoms with Crippen molar-refractivity contribution >= 4 is 5.91 Å². The molecule has 0 unspecified atom stereocenters. The molecule has 7 heteroatoms. The zero-order chi connectivity index (χ0) is 22.3. The highest BCUT2D eigenvalue weighted by atomic mass is 16.5. The predicted molar refractivity (Wildman–Crippen MR) is 124 cm³/mol. The summed E-state index contributed by atoms with van der Waals surface area (Å²) in [5.74, 6) is 2.22. The number of amides is 1. The molecular weight excluding hydrogens is 406 g/mol. The summed E-state index contributed by atoms with van der Waals surface area (Å²) in [5.41, 5.74) is 1.18. The quantitative estimate of drug-likeness (QED) is 0.630. The van der Waals surface area contributed by atoms with Crippen LogP contribution in [0, 0.1) is 11.8 Å². The van der Waals surface area contributed by atoms with Crippen molar-refractivity contribution in [2.24, 2.45) is 11.8 Å². The van der Waals surface area contributed by atoms with Gasteiger partial charge in [-0.15, -0.1) is 0 Å². The molecule has 3 fully saturated rings. The van der Waals surface area contributed by atoms with Gasteiger partial charge < -0.3 is 24.4 Å². The number of likely N-dealkylation sites (tertiary alicyclic amines) is 2. The minimum absolute atomic E-state index is 0.0258. The third-order valence-corrected chi connectivity index (χ3v) is 7.08. The fourth-order valence-corrected chi connectivity index (χ4v) is 5.49. The van der Waals surface area contributed by atoms with Crippen LogP contribution in [0.3, 0.4) is 0 Å². The number of rotatable bonds is 9. The van der Waals surface area contributed by atoms with Crippen molar-refractivity contribution in [2.45, 2.75) is 44.8 Å². The molecule has 3 atom stereocenters. The van der Waals surface area contributed by atoms with Gasteiger partial charge in [0.1, 0.15) is 0 Å². The molecule has 0 bridgehead atoms. The summed E-state index contributed by atoms with van der Waals surface area (Å²) in [5, 5.41) is 3.19. The molecular formula is C25H39N3O4. The maximum atomic E-state index is 13.1. The zero-order valence-corrected chi connectivity index (χ0v) is 19.7. The van der Waals surface area contributed by atoms with Gasteiger partial charge in [-0.3, -0.25) is 9.69 Å².